The van der Waals surface area contributed by atoms with Crippen LogP contribution in [0.15, 0.2) is 35.3 Å². The van der Waals surface area contributed by atoms with Crippen LogP contribution in [0.2, 0.25) is 10.0 Å². The number of hydrogen-bond donors (Lipinski definition) is 3. The molecule has 4 nitrogen and oxygen atoms in total. The Balaban J connectivity index is 2.05. The second-order valence-corrected chi connectivity index (χ2v) is 5.71. The minimum Gasteiger partial charge on any atom is -0.508 e. The number of nitrogens with zero attached hydrogens (tertiary/aromatic N) is 1. The van der Waals surface area contributed by atoms with Crippen LogP contribution in [0.4, 0.5) is 4.39 Å². The van der Waals surface area contributed by atoms with Gasteiger partial charge in [0, 0.05) is 17.2 Å². The van der Waals surface area contributed by atoms with E-state index in [9.17, 15) is 14.6 Å². The fourth-order valence-corrected chi connectivity index (χ4v) is 3.22. The number of rotatable bonds is 2. The summed E-state index contributed by atoms with van der Waals surface area (Å²) in [4.78, 5) is 4.22. The first kappa shape index (κ1) is 14.9. The van der Waals surface area contributed by atoms with Gasteiger partial charge in [0.2, 0.25) is 0 Å². The first-order valence-corrected chi connectivity index (χ1v) is 7.17. The molecule has 0 spiro atoms. The number of halogens is 3. The minimum absolute atomic E-state index is 0.0509. The summed E-state index contributed by atoms with van der Waals surface area (Å²) < 4.78 is 14.1. The first-order chi connectivity index (χ1) is 10.5. The molecule has 22 heavy (non-hydrogen) atoms. The molecule has 1 aliphatic heterocycles. The van der Waals surface area contributed by atoms with Crippen LogP contribution in [-0.2, 0) is 0 Å². The van der Waals surface area contributed by atoms with E-state index in [1.807, 2.05) is 0 Å². The van der Waals surface area contributed by atoms with Crippen molar-refractivity contribution >= 4 is 29.5 Å². The molecule has 3 N–H and O–H groups in total. The fraction of sp³-hybridized carbons (Fsp3) is 0.133. The van der Waals surface area contributed by atoms with Crippen LogP contribution in [0.3, 0.4) is 0 Å². The molecule has 2 aromatic carbocycles. The highest BCUT2D eigenvalue weighted by Crippen LogP contribution is 2.43. The summed E-state index contributed by atoms with van der Waals surface area (Å²) >= 11 is 12.3. The lowest BCUT2D eigenvalue weighted by Gasteiger charge is -2.22. The Bertz CT molecular complexity index is 744. The highest BCUT2D eigenvalue weighted by atomic mass is 35.5. The van der Waals surface area contributed by atoms with E-state index >= 15 is 0 Å². The maximum atomic E-state index is 14.1. The van der Waals surface area contributed by atoms with Gasteiger partial charge in [0.15, 0.2) is 0 Å². The lowest BCUT2D eigenvalue weighted by Crippen LogP contribution is -2.20. The summed E-state index contributed by atoms with van der Waals surface area (Å²) in [6.07, 6.45) is 1.46. The first-order valence-electron chi connectivity index (χ1n) is 6.41. The van der Waals surface area contributed by atoms with E-state index in [-0.39, 0.29) is 21.5 Å². The van der Waals surface area contributed by atoms with Crippen molar-refractivity contribution in [3.63, 3.8) is 0 Å². The predicted octanol–water partition coefficient (Wildman–Crippen LogP) is 3.96. The van der Waals surface area contributed by atoms with Gasteiger partial charge in [0.05, 0.1) is 22.4 Å². The van der Waals surface area contributed by atoms with Gasteiger partial charge in [-0.1, -0.05) is 29.3 Å². The van der Waals surface area contributed by atoms with Crippen molar-refractivity contribution in [1.29, 1.82) is 0 Å². The van der Waals surface area contributed by atoms with Crippen molar-refractivity contribution < 1.29 is 14.6 Å². The number of phenols is 2. The largest absolute Gasteiger partial charge is 0.508 e. The average Bonchev–Trinajstić information content (AvgIpc) is 2.86. The molecule has 114 valence electrons. The molecule has 0 saturated heterocycles. The molecular formula is C15H11Cl2FN2O2. The highest BCUT2D eigenvalue weighted by Gasteiger charge is 2.32. The van der Waals surface area contributed by atoms with E-state index in [1.165, 1.54) is 30.6 Å². The lowest BCUT2D eigenvalue weighted by atomic mass is 9.94. The predicted molar refractivity (Wildman–Crippen MR) is 83.3 cm³/mol. The Morgan fingerprint density at radius 1 is 1.05 bits per heavy atom. The van der Waals surface area contributed by atoms with Crippen molar-refractivity contribution in [3.05, 3.63) is 57.3 Å². The Morgan fingerprint density at radius 2 is 1.73 bits per heavy atom. The Kier molecular flexibility index (Phi) is 3.85. The van der Waals surface area contributed by atoms with Crippen LogP contribution in [0.1, 0.15) is 23.2 Å². The summed E-state index contributed by atoms with van der Waals surface area (Å²) in [5.74, 6) is -0.777. The molecule has 0 unspecified atom stereocenters. The van der Waals surface area contributed by atoms with Crippen molar-refractivity contribution in [3.8, 4) is 11.5 Å². The normalized spacial score (nSPS) is 20.1. The van der Waals surface area contributed by atoms with Crippen molar-refractivity contribution in [1.82, 2.24) is 5.32 Å². The van der Waals surface area contributed by atoms with E-state index in [2.05, 4.69) is 10.3 Å². The minimum atomic E-state index is -0.583. The zero-order chi connectivity index (χ0) is 15.9. The number of aliphatic imine (C=N–C) groups is 1. The standard InChI is InChI=1S/C15H11Cl2FN2O2/c16-10-3-8(22)4-11(17)13(10)15-14(19-6-20-15)9-2-1-7(21)5-12(9)18/h1-6,14-15,21-22H,(H,19,20)/t14-,15+/m1/s1. The van der Waals surface area contributed by atoms with Gasteiger partial charge in [0.1, 0.15) is 23.4 Å². The van der Waals surface area contributed by atoms with Gasteiger partial charge in [0.25, 0.3) is 0 Å². The molecule has 7 heteroatoms. The SMILES string of the molecule is Oc1ccc([C@H]2N=CN[C@H]2c2c(Cl)cc(O)cc2Cl)c(F)c1. The molecule has 0 amide bonds. The fourth-order valence-electron chi connectivity index (χ4n) is 2.51. The van der Waals surface area contributed by atoms with E-state index < -0.39 is 17.9 Å². The van der Waals surface area contributed by atoms with Gasteiger partial charge in [-0.2, -0.15) is 0 Å². The Hall–Kier alpha value is -1.98. The quantitative estimate of drug-likeness (QED) is 0.775. The van der Waals surface area contributed by atoms with Crippen molar-refractivity contribution in [2.24, 2.45) is 4.99 Å². The molecule has 0 bridgehead atoms. The third kappa shape index (κ3) is 2.58. The lowest BCUT2D eigenvalue weighted by molar-refractivity contribution is 0.463. The van der Waals surface area contributed by atoms with E-state index in [4.69, 9.17) is 23.2 Å². The van der Waals surface area contributed by atoms with Crippen molar-refractivity contribution in [2.75, 3.05) is 0 Å². The van der Waals surface area contributed by atoms with Crippen LogP contribution in [-0.4, -0.2) is 16.6 Å². The molecule has 0 fully saturated rings. The van der Waals surface area contributed by atoms with Gasteiger partial charge in [-0.3, -0.25) is 4.99 Å². The number of phenolic OH excluding ortho intramolecular Hbond substituents is 2. The number of benzene rings is 2. The number of aromatic hydroxyl groups is 2. The Morgan fingerprint density at radius 3 is 2.36 bits per heavy atom. The molecule has 0 aromatic heterocycles. The zero-order valence-corrected chi connectivity index (χ0v) is 12.6. The molecule has 2 aromatic rings. The van der Waals surface area contributed by atoms with Gasteiger partial charge in [-0.25, -0.2) is 4.39 Å². The summed E-state index contributed by atoms with van der Waals surface area (Å²) in [6.45, 7) is 0. The van der Waals surface area contributed by atoms with E-state index in [0.717, 1.165) is 6.07 Å². The highest BCUT2D eigenvalue weighted by molar-refractivity contribution is 6.36. The van der Waals surface area contributed by atoms with E-state index in [0.29, 0.717) is 11.1 Å². The summed E-state index contributed by atoms with van der Waals surface area (Å²) in [6, 6.07) is 5.57. The molecule has 1 heterocycles. The van der Waals surface area contributed by atoms with Crippen LogP contribution in [0.5, 0.6) is 11.5 Å². The summed E-state index contributed by atoms with van der Waals surface area (Å²) in [5.41, 5.74) is 0.834. The molecule has 0 aliphatic carbocycles. The molecule has 0 radical (unpaired) electrons. The molecule has 1 aliphatic rings. The average molecular weight is 341 g/mol. The second-order valence-electron chi connectivity index (χ2n) is 4.90. The van der Waals surface area contributed by atoms with Crippen LogP contribution in [0, 0.1) is 5.82 Å². The zero-order valence-electron chi connectivity index (χ0n) is 11.1. The smallest absolute Gasteiger partial charge is 0.132 e. The van der Waals surface area contributed by atoms with E-state index in [1.54, 1.807) is 0 Å². The summed E-state index contributed by atoms with van der Waals surface area (Å²) in [7, 11) is 0. The molecule has 3 rings (SSSR count). The van der Waals surface area contributed by atoms with Crippen LogP contribution < -0.4 is 5.32 Å². The van der Waals surface area contributed by atoms with Gasteiger partial charge < -0.3 is 15.5 Å². The topological polar surface area (TPSA) is 64.9 Å². The van der Waals surface area contributed by atoms with Crippen LogP contribution in [0.25, 0.3) is 0 Å². The van der Waals surface area contributed by atoms with Gasteiger partial charge in [-0.05, 0) is 18.2 Å². The van der Waals surface area contributed by atoms with Gasteiger partial charge in [-0.15, -0.1) is 0 Å². The van der Waals surface area contributed by atoms with Crippen LogP contribution >= 0.6 is 23.2 Å². The third-order valence-corrected chi connectivity index (χ3v) is 4.11. The molecule has 0 saturated carbocycles. The maximum Gasteiger partial charge on any atom is 0.132 e. The maximum absolute atomic E-state index is 14.1. The van der Waals surface area contributed by atoms with Gasteiger partial charge >= 0.3 is 0 Å². The Labute approximate surface area is 135 Å². The molecule has 2 atom stereocenters. The monoisotopic (exact) mass is 340 g/mol. The summed E-state index contributed by atoms with van der Waals surface area (Å²) in [5, 5.41) is 22.3. The van der Waals surface area contributed by atoms with Crippen molar-refractivity contribution in [2.45, 2.75) is 12.1 Å². The molecular weight excluding hydrogens is 330 g/mol. The second kappa shape index (κ2) is 5.66. The number of hydrogen-bond acceptors (Lipinski definition) is 4. The number of nitrogens with one attached hydrogen (secondary N) is 1. The third-order valence-electron chi connectivity index (χ3n) is 3.48.